The van der Waals surface area contributed by atoms with E-state index < -0.39 is 0 Å². The minimum Gasteiger partial charge on any atom is -0.356 e. The lowest BCUT2D eigenvalue weighted by Crippen LogP contribution is -2.25. The summed E-state index contributed by atoms with van der Waals surface area (Å²) in [5.74, 6) is 1.57. The van der Waals surface area contributed by atoms with Crippen molar-refractivity contribution in [3.8, 4) is 6.07 Å². The summed E-state index contributed by atoms with van der Waals surface area (Å²) in [6.07, 6.45) is 4.78. The van der Waals surface area contributed by atoms with E-state index >= 15 is 0 Å². The Balaban J connectivity index is 1.72. The molecule has 0 spiro atoms. The molecule has 144 valence electrons. The molecular weight excluding hydrogens is 358 g/mol. The van der Waals surface area contributed by atoms with E-state index in [1.165, 1.54) is 0 Å². The summed E-state index contributed by atoms with van der Waals surface area (Å²) in [6.45, 7) is 5.91. The predicted octanol–water partition coefficient (Wildman–Crippen LogP) is 3.21. The molecule has 0 atom stereocenters. The Morgan fingerprint density at radius 3 is 2.63 bits per heavy atom. The molecule has 0 radical (unpaired) electrons. The molecule has 1 amide bonds. The van der Waals surface area contributed by atoms with E-state index in [1.54, 1.807) is 23.9 Å². The van der Waals surface area contributed by atoms with Crippen molar-refractivity contribution in [1.82, 2.24) is 20.1 Å². The standard InChI is InChI=1S/C20H27N5OS/c1-15(2)14-25-18(23-24-20(25)27-3)5-4-12-22-19(26)11-10-16-6-8-17(13-21)9-7-16/h6-9,15H,4-5,10-12,14H2,1-3H3,(H,22,26). The normalized spacial score (nSPS) is 10.8. The Morgan fingerprint density at radius 1 is 1.26 bits per heavy atom. The molecule has 27 heavy (non-hydrogen) atoms. The van der Waals surface area contributed by atoms with Gasteiger partial charge in [0.1, 0.15) is 5.82 Å². The molecule has 7 heteroatoms. The number of rotatable bonds is 10. The van der Waals surface area contributed by atoms with Crippen LogP contribution in [0.2, 0.25) is 0 Å². The Labute approximate surface area is 165 Å². The van der Waals surface area contributed by atoms with Crippen molar-refractivity contribution in [2.45, 2.75) is 51.2 Å². The van der Waals surface area contributed by atoms with Crippen LogP contribution in [0.25, 0.3) is 0 Å². The van der Waals surface area contributed by atoms with Crippen LogP contribution in [0.15, 0.2) is 29.4 Å². The average Bonchev–Trinajstić information content (AvgIpc) is 3.05. The number of nitrogens with one attached hydrogen (secondary N) is 1. The minimum absolute atomic E-state index is 0.0489. The van der Waals surface area contributed by atoms with Gasteiger partial charge >= 0.3 is 0 Å². The van der Waals surface area contributed by atoms with Gasteiger partial charge < -0.3 is 9.88 Å². The van der Waals surface area contributed by atoms with Gasteiger partial charge in [-0.05, 0) is 42.7 Å². The highest BCUT2D eigenvalue weighted by Crippen LogP contribution is 2.16. The van der Waals surface area contributed by atoms with Crippen molar-refractivity contribution < 1.29 is 4.79 Å². The van der Waals surface area contributed by atoms with Crippen LogP contribution in [0.4, 0.5) is 0 Å². The van der Waals surface area contributed by atoms with Crippen LogP contribution in [-0.2, 0) is 24.2 Å². The molecule has 0 saturated heterocycles. The molecule has 0 aliphatic heterocycles. The number of aryl methyl sites for hydroxylation is 2. The van der Waals surface area contributed by atoms with Crippen molar-refractivity contribution in [1.29, 1.82) is 5.26 Å². The molecule has 2 rings (SSSR count). The molecule has 0 aliphatic rings. The van der Waals surface area contributed by atoms with Crippen LogP contribution in [0.3, 0.4) is 0 Å². The minimum atomic E-state index is 0.0489. The smallest absolute Gasteiger partial charge is 0.220 e. The number of benzene rings is 1. The van der Waals surface area contributed by atoms with E-state index in [9.17, 15) is 4.79 Å². The van der Waals surface area contributed by atoms with Crippen LogP contribution in [0.1, 0.15) is 43.6 Å². The zero-order valence-corrected chi connectivity index (χ0v) is 17.1. The maximum atomic E-state index is 12.0. The van der Waals surface area contributed by atoms with Crippen molar-refractivity contribution in [2.24, 2.45) is 5.92 Å². The lowest BCUT2D eigenvalue weighted by Gasteiger charge is -2.11. The van der Waals surface area contributed by atoms with E-state index in [0.29, 0.717) is 30.9 Å². The van der Waals surface area contributed by atoms with Crippen LogP contribution < -0.4 is 5.32 Å². The molecular formula is C20H27N5OS. The maximum Gasteiger partial charge on any atom is 0.220 e. The Kier molecular flexibility index (Phi) is 8.34. The fourth-order valence-corrected chi connectivity index (χ4v) is 3.29. The number of amides is 1. The Morgan fingerprint density at radius 2 is 2.00 bits per heavy atom. The number of nitriles is 1. The molecule has 6 nitrogen and oxygen atoms in total. The lowest BCUT2D eigenvalue weighted by molar-refractivity contribution is -0.121. The molecule has 2 aromatic rings. The third kappa shape index (κ3) is 6.72. The number of carbonyl (C=O) groups excluding carboxylic acids is 1. The molecule has 0 bridgehead atoms. The number of nitrogens with zero attached hydrogens (tertiary/aromatic N) is 4. The van der Waals surface area contributed by atoms with Crippen LogP contribution in [-0.4, -0.2) is 33.5 Å². The van der Waals surface area contributed by atoms with Crippen LogP contribution in [0, 0.1) is 17.2 Å². The summed E-state index contributed by atoms with van der Waals surface area (Å²) in [5, 5.41) is 21.3. The van der Waals surface area contributed by atoms with Gasteiger partial charge in [0.15, 0.2) is 5.16 Å². The third-order valence-corrected chi connectivity index (χ3v) is 4.81. The first-order chi connectivity index (χ1) is 13.0. The molecule has 1 aromatic heterocycles. The monoisotopic (exact) mass is 385 g/mol. The summed E-state index contributed by atoms with van der Waals surface area (Å²) in [5.41, 5.74) is 1.70. The first-order valence-electron chi connectivity index (χ1n) is 9.25. The quantitative estimate of drug-likeness (QED) is 0.501. The zero-order valence-electron chi connectivity index (χ0n) is 16.2. The van der Waals surface area contributed by atoms with Gasteiger partial charge in [-0.25, -0.2) is 0 Å². The number of carbonyl (C=O) groups is 1. The molecule has 1 aromatic carbocycles. The van der Waals surface area contributed by atoms with Crippen LogP contribution >= 0.6 is 11.8 Å². The highest BCUT2D eigenvalue weighted by atomic mass is 32.2. The Bertz CT molecular complexity index is 777. The van der Waals surface area contributed by atoms with Crippen molar-refractivity contribution in [3.63, 3.8) is 0 Å². The number of aromatic nitrogens is 3. The van der Waals surface area contributed by atoms with E-state index in [2.05, 4.69) is 40.0 Å². The maximum absolute atomic E-state index is 12.0. The van der Waals surface area contributed by atoms with E-state index in [1.807, 2.05) is 18.4 Å². The molecule has 1 N–H and O–H groups in total. The van der Waals surface area contributed by atoms with Gasteiger partial charge in [-0.3, -0.25) is 4.79 Å². The van der Waals surface area contributed by atoms with Crippen LogP contribution in [0.5, 0.6) is 0 Å². The fourth-order valence-electron chi connectivity index (χ4n) is 2.77. The lowest BCUT2D eigenvalue weighted by atomic mass is 10.1. The number of thioether (sulfide) groups is 1. The topological polar surface area (TPSA) is 83.6 Å². The second-order valence-electron chi connectivity index (χ2n) is 6.87. The average molecular weight is 386 g/mol. The SMILES string of the molecule is CSc1nnc(CCCNC(=O)CCc2ccc(C#N)cc2)n1CC(C)C. The largest absolute Gasteiger partial charge is 0.356 e. The number of hydrogen-bond donors (Lipinski definition) is 1. The predicted molar refractivity (Wildman–Crippen MR) is 107 cm³/mol. The zero-order chi connectivity index (χ0) is 19.6. The van der Waals surface area contributed by atoms with Gasteiger partial charge in [-0.15, -0.1) is 10.2 Å². The highest BCUT2D eigenvalue weighted by Gasteiger charge is 2.12. The second kappa shape index (κ2) is 10.7. The van der Waals surface area contributed by atoms with Gasteiger partial charge in [0, 0.05) is 25.9 Å². The first-order valence-corrected chi connectivity index (χ1v) is 10.5. The summed E-state index contributed by atoms with van der Waals surface area (Å²) in [6, 6.07) is 9.46. The van der Waals surface area contributed by atoms with Gasteiger partial charge in [0.25, 0.3) is 0 Å². The summed E-state index contributed by atoms with van der Waals surface area (Å²) in [4.78, 5) is 12.0. The van der Waals surface area contributed by atoms with Crippen molar-refractivity contribution in [3.05, 3.63) is 41.2 Å². The van der Waals surface area contributed by atoms with Gasteiger partial charge in [0.2, 0.25) is 5.91 Å². The second-order valence-corrected chi connectivity index (χ2v) is 7.64. The van der Waals surface area contributed by atoms with Gasteiger partial charge in [-0.1, -0.05) is 37.7 Å². The molecule has 0 fully saturated rings. The van der Waals surface area contributed by atoms with E-state index in [-0.39, 0.29) is 5.91 Å². The molecule has 0 unspecified atom stereocenters. The fraction of sp³-hybridized carbons (Fsp3) is 0.500. The van der Waals surface area contributed by atoms with Crippen molar-refractivity contribution >= 4 is 17.7 Å². The highest BCUT2D eigenvalue weighted by molar-refractivity contribution is 7.98. The Hall–Kier alpha value is -2.33. The summed E-state index contributed by atoms with van der Waals surface area (Å²) < 4.78 is 2.18. The summed E-state index contributed by atoms with van der Waals surface area (Å²) in [7, 11) is 0. The van der Waals surface area contributed by atoms with Gasteiger partial charge in [0.05, 0.1) is 11.6 Å². The van der Waals surface area contributed by atoms with Gasteiger partial charge in [-0.2, -0.15) is 5.26 Å². The number of hydrogen-bond acceptors (Lipinski definition) is 5. The van der Waals surface area contributed by atoms with Crippen molar-refractivity contribution in [2.75, 3.05) is 12.8 Å². The third-order valence-electron chi connectivity index (χ3n) is 4.15. The first kappa shape index (κ1) is 21.0. The van der Waals surface area contributed by atoms with E-state index in [4.69, 9.17) is 5.26 Å². The molecule has 0 aliphatic carbocycles. The molecule has 1 heterocycles. The van der Waals surface area contributed by atoms with E-state index in [0.717, 1.165) is 35.9 Å². The molecule has 0 saturated carbocycles. The summed E-state index contributed by atoms with van der Waals surface area (Å²) >= 11 is 1.61.